The minimum atomic E-state index is 0.0584. The highest BCUT2D eigenvalue weighted by molar-refractivity contribution is 6.31. The van der Waals surface area contributed by atoms with Crippen molar-refractivity contribution >= 4 is 17.3 Å². The number of pyridine rings is 1. The zero-order valence-corrected chi connectivity index (χ0v) is 10.9. The molecule has 5 heteroatoms. The Morgan fingerprint density at radius 1 is 1.26 bits per heavy atom. The number of benzene rings is 1. The van der Waals surface area contributed by atoms with Crippen molar-refractivity contribution in [1.29, 1.82) is 5.26 Å². The molecule has 0 amide bonds. The monoisotopic (exact) mass is 273 g/mol. The van der Waals surface area contributed by atoms with E-state index >= 15 is 0 Å². The number of hydrogen-bond donors (Lipinski definition) is 1. The predicted octanol–water partition coefficient (Wildman–Crippen LogP) is 3.25. The molecule has 1 aromatic heterocycles. The molecular weight excluding hydrogens is 262 g/mol. The summed E-state index contributed by atoms with van der Waals surface area (Å²) < 4.78 is 5.18. The van der Waals surface area contributed by atoms with Gasteiger partial charge in [0.2, 0.25) is 0 Å². The van der Waals surface area contributed by atoms with Gasteiger partial charge in [-0.3, -0.25) is 0 Å². The Labute approximate surface area is 116 Å². The average Bonchev–Trinajstić information content (AvgIpc) is 2.45. The van der Waals surface area contributed by atoms with Crippen LogP contribution in [0, 0.1) is 11.3 Å². The van der Waals surface area contributed by atoms with Crippen molar-refractivity contribution in [2.45, 2.75) is 6.54 Å². The van der Waals surface area contributed by atoms with Gasteiger partial charge in [-0.25, -0.2) is 4.98 Å². The molecule has 0 radical (unpaired) electrons. The van der Waals surface area contributed by atoms with Gasteiger partial charge in [-0.1, -0.05) is 23.7 Å². The lowest BCUT2D eigenvalue weighted by Gasteiger charge is -2.08. The number of ether oxygens (including phenoxy) is 1. The van der Waals surface area contributed by atoms with Crippen LogP contribution in [-0.4, -0.2) is 11.6 Å². The number of nitrogens with zero attached hydrogens (tertiary/aromatic N) is 2. The third-order valence-electron chi connectivity index (χ3n) is 2.47. The predicted molar refractivity (Wildman–Crippen MR) is 74.1 cm³/mol. The average molecular weight is 274 g/mol. The smallest absolute Gasteiger partial charge is 0.174 e. The number of hydrogen-bond acceptors (Lipinski definition) is 4. The maximum atomic E-state index is 8.42. The molecule has 19 heavy (non-hydrogen) atoms. The van der Waals surface area contributed by atoms with Crippen molar-refractivity contribution in [2.75, 3.05) is 11.9 Å². The highest BCUT2D eigenvalue weighted by Gasteiger charge is 2.00. The lowest BCUT2D eigenvalue weighted by Crippen LogP contribution is -2.00. The SMILES string of the molecule is N#CCOc1ccc(CNc2cccnc2Cl)cc1. The van der Waals surface area contributed by atoms with Crippen LogP contribution in [0.3, 0.4) is 0 Å². The van der Waals surface area contributed by atoms with E-state index in [2.05, 4.69) is 10.3 Å². The van der Waals surface area contributed by atoms with Gasteiger partial charge in [-0.2, -0.15) is 5.26 Å². The van der Waals surface area contributed by atoms with Crippen LogP contribution in [0.25, 0.3) is 0 Å². The summed E-state index contributed by atoms with van der Waals surface area (Å²) >= 11 is 5.95. The quantitative estimate of drug-likeness (QED) is 0.850. The molecule has 0 aliphatic rings. The van der Waals surface area contributed by atoms with Crippen molar-refractivity contribution in [3.05, 3.63) is 53.3 Å². The summed E-state index contributed by atoms with van der Waals surface area (Å²) in [4.78, 5) is 3.99. The van der Waals surface area contributed by atoms with Gasteiger partial charge in [0.25, 0.3) is 0 Å². The fourth-order valence-corrected chi connectivity index (χ4v) is 1.72. The van der Waals surface area contributed by atoms with E-state index in [9.17, 15) is 0 Å². The van der Waals surface area contributed by atoms with Crippen LogP contribution in [0.15, 0.2) is 42.6 Å². The highest BCUT2D eigenvalue weighted by atomic mass is 35.5. The number of aromatic nitrogens is 1. The van der Waals surface area contributed by atoms with E-state index in [1.54, 1.807) is 6.20 Å². The zero-order valence-electron chi connectivity index (χ0n) is 10.1. The molecule has 0 spiro atoms. The molecule has 4 nitrogen and oxygen atoms in total. The third kappa shape index (κ3) is 3.87. The molecule has 96 valence electrons. The minimum absolute atomic E-state index is 0.0584. The van der Waals surface area contributed by atoms with E-state index in [1.165, 1.54) is 0 Å². The first-order valence-corrected chi connectivity index (χ1v) is 6.10. The topological polar surface area (TPSA) is 57.9 Å². The Hall–Kier alpha value is -2.25. The first kappa shape index (κ1) is 13.2. The van der Waals surface area contributed by atoms with Crippen molar-refractivity contribution in [3.8, 4) is 11.8 Å². The van der Waals surface area contributed by atoms with Gasteiger partial charge in [0, 0.05) is 12.7 Å². The first-order valence-electron chi connectivity index (χ1n) is 5.72. The van der Waals surface area contributed by atoms with Crippen LogP contribution in [0.1, 0.15) is 5.56 Å². The van der Waals surface area contributed by atoms with Crippen LogP contribution < -0.4 is 10.1 Å². The molecule has 2 aromatic rings. The van der Waals surface area contributed by atoms with Gasteiger partial charge in [0.1, 0.15) is 11.8 Å². The minimum Gasteiger partial charge on any atom is -0.479 e. The summed E-state index contributed by atoms with van der Waals surface area (Å²) in [7, 11) is 0. The molecular formula is C14H12ClN3O. The summed E-state index contributed by atoms with van der Waals surface area (Å²) in [6.45, 7) is 0.701. The van der Waals surface area contributed by atoms with E-state index in [1.807, 2.05) is 42.5 Å². The fourth-order valence-electron chi connectivity index (χ4n) is 1.53. The molecule has 0 fully saturated rings. The molecule has 1 aromatic carbocycles. The number of halogens is 1. The normalized spacial score (nSPS) is 9.68. The molecule has 0 saturated carbocycles. The van der Waals surface area contributed by atoms with Crippen molar-refractivity contribution in [2.24, 2.45) is 0 Å². The Morgan fingerprint density at radius 2 is 2.05 bits per heavy atom. The largest absolute Gasteiger partial charge is 0.479 e. The number of nitrogens with one attached hydrogen (secondary N) is 1. The molecule has 2 rings (SSSR count). The van der Waals surface area contributed by atoms with E-state index in [-0.39, 0.29) is 6.61 Å². The third-order valence-corrected chi connectivity index (χ3v) is 2.77. The molecule has 0 aliphatic heterocycles. The summed E-state index contributed by atoms with van der Waals surface area (Å²) in [5, 5.41) is 12.1. The Morgan fingerprint density at radius 3 is 2.74 bits per heavy atom. The Kier molecular flexibility index (Phi) is 4.60. The summed E-state index contributed by atoms with van der Waals surface area (Å²) in [6.07, 6.45) is 1.65. The lowest BCUT2D eigenvalue weighted by molar-refractivity contribution is 0.368. The first-order chi connectivity index (χ1) is 9.29. The van der Waals surface area contributed by atoms with Gasteiger partial charge in [-0.15, -0.1) is 0 Å². The van der Waals surface area contributed by atoms with E-state index in [0.29, 0.717) is 17.4 Å². The van der Waals surface area contributed by atoms with Gasteiger partial charge >= 0.3 is 0 Å². The fraction of sp³-hybridized carbons (Fsp3) is 0.143. The molecule has 0 saturated heterocycles. The second kappa shape index (κ2) is 6.62. The number of nitriles is 1. The molecule has 0 unspecified atom stereocenters. The van der Waals surface area contributed by atoms with Crippen LogP contribution in [0.2, 0.25) is 5.15 Å². The van der Waals surface area contributed by atoms with Crippen molar-refractivity contribution in [3.63, 3.8) is 0 Å². The Balaban J connectivity index is 1.93. The molecule has 0 aliphatic carbocycles. The van der Waals surface area contributed by atoms with E-state index < -0.39 is 0 Å². The van der Waals surface area contributed by atoms with E-state index in [4.69, 9.17) is 21.6 Å². The molecule has 0 bridgehead atoms. The van der Waals surface area contributed by atoms with Gasteiger partial charge < -0.3 is 10.1 Å². The maximum Gasteiger partial charge on any atom is 0.174 e. The Bertz CT molecular complexity index is 578. The van der Waals surface area contributed by atoms with Crippen molar-refractivity contribution in [1.82, 2.24) is 4.98 Å². The summed E-state index contributed by atoms with van der Waals surface area (Å²) in [6, 6.07) is 13.2. The van der Waals surface area contributed by atoms with E-state index in [0.717, 1.165) is 11.3 Å². The zero-order chi connectivity index (χ0) is 13.5. The summed E-state index contributed by atoms with van der Waals surface area (Å²) in [5.74, 6) is 0.685. The maximum absolute atomic E-state index is 8.42. The second-order valence-electron chi connectivity index (χ2n) is 3.79. The molecule has 1 N–H and O–H groups in total. The lowest BCUT2D eigenvalue weighted by atomic mass is 10.2. The van der Waals surface area contributed by atoms with Crippen LogP contribution in [0.5, 0.6) is 5.75 Å². The highest BCUT2D eigenvalue weighted by Crippen LogP contribution is 2.19. The second-order valence-corrected chi connectivity index (χ2v) is 4.14. The molecule has 1 heterocycles. The molecule has 0 atom stereocenters. The van der Waals surface area contributed by atoms with Gasteiger partial charge in [0.15, 0.2) is 11.8 Å². The number of rotatable bonds is 5. The van der Waals surface area contributed by atoms with Gasteiger partial charge in [-0.05, 0) is 29.8 Å². The van der Waals surface area contributed by atoms with Crippen LogP contribution in [-0.2, 0) is 6.54 Å². The van der Waals surface area contributed by atoms with Crippen LogP contribution in [0.4, 0.5) is 5.69 Å². The van der Waals surface area contributed by atoms with Crippen molar-refractivity contribution < 1.29 is 4.74 Å². The van der Waals surface area contributed by atoms with Gasteiger partial charge in [0.05, 0.1) is 5.69 Å². The summed E-state index contributed by atoms with van der Waals surface area (Å²) in [5.41, 5.74) is 1.89. The standard InChI is InChI=1S/C14H12ClN3O/c15-14-13(2-1-8-17-14)18-10-11-3-5-12(6-4-11)19-9-7-16/h1-6,8,18H,9-10H2. The number of anilines is 1. The van der Waals surface area contributed by atoms with Crippen LogP contribution >= 0.6 is 11.6 Å².